The van der Waals surface area contributed by atoms with Crippen LogP contribution in [0.15, 0.2) is 29.4 Å². The van der Waals surface area contributed by atoms with Crippen LogP contribution in [0.2, 0.25) is 0 Å². The predicted octanol–water partition coefficient (Wildman–Crippen LogP) is 2.40. The molecule has 0 saturated carbocycles. The van der Waals surface area contributed by atoms with Crippen LogP contribution in [0.5, 0.6) is 0 Å². The number of ether oxygens (including phenoxy) is 1. The monoisotopic (exact) mass is 512 g/mol. The Labute approximate surface area is 203 Å². The van der Waals surface area contributed by atoms with Gasteiger partial charge in [-0.15, -0.1) is 0 Å². The van der Waals surface area contributed by atoms with Crippen LogP contribution in [0.3, 0.4) is 0 Å². The molecule has 4 heterocycles. The van der Waals surface area contributed by atoms with Crippen LogP contribution in [0.1, 0.15) is 19.5 Å². The summed E-state index contributed by atoms with van der Waals surface area (Å²) in [6, 6.07) is 3.25. The van der Waals surface area contributed by atoms with Gasteiger partial charge in [0.15, 0.2) is 0 Å². The third-order valence-corrected chi connectivity index (χ3v) is 7.48. The Hall–Kier alpha value is -2.96. The van der Waals surface area contributed by atoms with Gasteiger partial charge in [0.2, 0.25) is 5.95 Å². The number of nitrogens with zero attached hydrogens (tertiary/aromatic N) is 5. The molecule has 0 aromatic carbocycles. The van der Waals surface area contributed by atoms with Crippen LogP contribution in [0.25, 0.3) is 0 Å². The number of aromatic nitrogens is 3. The maximum Gasteiger partial charge on any atom is 0.490 e. The summed E-state index contributed by atoms with van der Waals surface area (Å²) in [5.41, 5.74) is 1.75. The van der Waals surface area contributed by atoms with Crippen molar-refractivity contribution in [2.24, 2.45) is 5.92 Å². The van der Waals surface area contributed by atoms with Crippen molar-refractivity contribution in [1.82, 2.24) is 15.0 Å². The highest BCUT2D eigenvalue weighted by Crippen LogP contribution is 2.31. The zero-order valence-electron chi connectivity index (χ0n) is 19.4. The molecule has 0 spiro atoms. The fraction of sp³-hybridized carbons (Fsp3) is 0.545. The van der Waals surface area contributed by atoms with Crippen LogP contribution < -0.4 is 15.1 Å². The molecule has 1 saturated heterocycles. The number of fused-ring (bicyclic) bond motifs is 1. The second-order valence-electron chi connectivity index (χ2n) is 8.72. The summed E-state index contributed by atoms with van der Waals surface area (Å²) >= 11 is 0. The van der Waals surface area contributed by atoms with Crippen LogP contribution >= 0.6 is 0 Å². The van der Waals surface area contributed by atoms with E-state index in [1.165, 1.54) is 0 Å². The van der Waals surface area contributed by atoms with Gasteiger partial charge < -0.3 is 19.9 Å². The first-order valence-corrected chi connectivity index (χ1v) is 12.6. The number of carbonyl (C=O) groups is 1. The van der Waals surface area contributed by atoms with Crippen molar-refractivity contribution in [1.29, 1.82) is 0 Å². The Morgan fingerprint density at radius 1 is 1.14 bits per heavy atom. The number of alkyl halides is 3. The number of anilines is 3. The molecule has 4 rings (SSSR count). The summed E-state index contributed by atoms with van der Waals surface area (Å²) in [5.74, 6) is -1.22. The van der Waals surface area contributed by atoms with Crippen LogP contribution in [-0.2, 0) is 26.8 Å². The Balaban J connectivity index is 1.52. The molecular weight excluding hydrogens is 485 g/mol. The SMILES string of the molecule is CC(C)[C@H](COC(=O)C(F)(F)F)Nc1nc(N2CCN(c3ccncc3)CC2)nc2c1S(=O)CC2. The minimum Gasteiger partial charge on any atom is -0.457 e. The maximum atomic E-state index is 12.7. The highest BCUT2D eigenvalue weighted by Gasteiger charge is 2.41. The molecule has 0 aliphatic carbocycles. The van der Waals surface area contributed by atoms with E-state index in [1.54, 1.807) is 26.2 Å². The standard InChI is InChI=1S/C22H27F3N6O3S/c1-14(2)17(13-34-20(32)22(23,24)25)27-19-18-16(5-12-35(18)33)28-21(29-19)31-10-8-30(9-11-31)15-3-6-26-7-4-15/h3-4,6-7,14,17H,5,8-13H2,1-2H3,(H,27,28,29)/t17-,35?/m0/s1. The Kier molecular flexibility index (Phi) is 7.43. The summed E-state index contributed by atoms with van der Waals surface area (Å²) in [6.07, 6.45) is -1.04. The predicted molar refractivity (Wildman–Crippen MR) is 125 cm³/mol. The first-order chi connectivity index (χ1) is 16.6. The lowest BCUT2D eigenvalue weighted by atomic mass is 10.1. The summed E-state index contributed by atoms with van der Waals surface area (Å²) in [4.78, 5) is 29.3. The highest BCUT2D eigenvalue weighted by molar-refractivity contribution is 7.85. The number of piperazine rings is 1. The molecule has 2 aliphatic heterocycles. The maximum absolute atomic E-state index is 12.7. The number of aryl methyl sites for hydroxylation is 1. The summed E-state index contributed by atoms with van der Waals surface area (Å²) in [5, 5.41) is 3.10. The van der Waals surface area contributed by atoms with Crippen molar-refractivity contribution in [2.45, 2.75) is 37.4 Å². The summed E-state index contributed by atoms with van der Waals surface area (Å²) in [7, 11) is -1.32. The molecule has 13 heteroatoms. The third-order valence-electron chi connectivity index (χ3n) is 6.02. The molecule has 2 aromatic rings. The molecule has 0 amide bonds. The molecule has 0 radical (unpaired) electrons. The summed E-state index contributed by atoms with van der Waals surface area (Å²) in [6.45, 7) is 5.91. The first kappa shape index (κ1) is 25.1. The zero-order chi connectivity index (χ0) is 25.2. The van der Waals surface area contributed by atoms with Gasteiger partial charge in [-0.25, -0.2) is 9.78 Å². The third kappa shape index (κ3) is 5.82. The minimum absolute atomic E-state index is 0.191. The highest BCUT2D eigenvalue weighted by atomic mass is 32.2. The topological polar surface area (TPSA) is 101 Å². The molecule has 1 N–H and O–H groups in total. The lowest BCUT2D eigenvalue weighted by Gasteiger charge is -2.36. The van der Waals surface area contributed by atoms with Gasteiger partial charge in [-0.2, -0.15) is 18.2 Å². The quantitative estimate of drug-likeness (QED) is 0.561. The molecule has 2 aromatic heterocycles. The van der Waals surface area contributed by atoms with Crippen molar-refractivity contribution >= 4 is 34.2 Å². The second kappa shape index (κ2) is 10.3. The molecule has 9 nitrogen and oxygen atoms in total. The van der Waals surface area contributed by atoms with Gasteiger partial charge in [0.05, 0.1) is 22.5 Å². The molecule has 2 aliphatic rings. The van der Waals surface area contributed by atoms with E-state index >= 15 is 0 Å². The van der Waals surface area contributed by atoms with E-state index in [1.807, 2.05) is 17.0 Å². The average molecular weight is 513 g/mol. The first-order valence-electron chi connectivity index (χ1n) is 11.3. The number of esters is 1. The van der Waals surface area contributed by atoms with Gasteiger partial charge in [0.1, 0.15) is 17.3 Å². The van der Waals surface area contributed by atoms with Crippen LogP contribution in [0.4, 0.5) is 30.6 Å². The lowest BCUT2D eigenvalue weighted by Crippen LogP contribution is -2.47. The van der Waals surface area contributed by atoms with Crippen LogP contribution in [0, 0.1) is 5.92 Å². The number of halogens is 3. The normalized spacial score (nSPS) is 19.0. The Bertz CT molecular complexity index is 1080. The van der Waals surface area contributed by atoms with Gasteiger partial charge in [0.25, 0.3) is 0 Å². The average Bonchev–Trinajstić information content (AvgIpc) is 3.22. The number of nitrogens with one attached hydrogen (secondary N) is 1. The second-order valence-corrected chi connectivity index (χ2v) is 10.2. The number of hydrogen-bond donors (Lipinski definition) is 1. The Morgan fingerprint density at radius 2 is 1.80 bits per heavy atom. The van der Waals surface area contributed by atoms with E-state index < -0.39 is 35.6 Å². The molecule has 1 fully saturated rings. The van der Waals surface area contributed by atoms with Crippen molar-refractivity contribution < 1.29 is 26.9 Å². The fourth-order valence-corrected chi connectivity index (χ4v) is 5.28. The lowest BCUT2D eigenvalue weighted by molar-refractivity contribution is -0.200. The van der Waals surface area contributed by atoms with Gasteiger partial charge in [-0.1, -0.05) is 13.8 Å². The van der Waals surface area contributed by atoms with E-state index in [2.05, 4.69) is 29.9 Å². The van der Waals surface area contributed by atoms with Crippen molar-refractivity contribution in [3.8, 4) is 0 Å². The Morgan fingerprint density at radius 3 is 2.43 bits per heavy atom. The smallest absolute Gasteiger partial charge is 0.457 e. The van der Waals surface area contributed by atoms with E-state index in [0.717, 1.165) is 18.8 Å². The van der Waals surface area contributed by atoms with Gasteiger partial charge in [-0.3, -0.25) is 9.19 Å². The van der Waals surface area contributed by atoms with E-state index in [9.17, 15) is 22.2 Å². The van der Waals surface area contributed by atoms with Crippen LogP contribution in [-0.4, -0.2) is 75.9 Å². The van der Waals surface area contributed by atoms with Gasteiger partial charge in [-0.05, 0) is 18.1 Å². The minimum atomic E-state index is -5.06. The fourth-order valence-electron chi connectivity index (χ4n) is 3.97. The zero-order valence-corrected chi connectivity index (χ0v) is 20.2. The molecule has 0 bridgehead atoms. The molecule has 1 unspecified atom stereocenters. The molecular formula is C22H27F3N6O3S. The largest absolute Gasteiger partial charge is 0.490 e. The van der Waals surface area contributed by atoms with E-state index in [4.69, 9.17) is 0 Å². The molecule has 2 atom stereocenters. The molecule has 190 valence electrons. The summed E-state index contributed by atoms with van der Waals surface area (Å²) < 4.78 is 54.9. The van der Waals surface area contributed by atoms with E-state index in [0.29, 0.717) is 47.6 Å². The van der Waals surface area contributed by atoms with Gasteiger partial charge in [0, 0.05) is 56.4 Å². The van der Waals surface area contributed by atoms with Crippen molar-refractivity contribution in [2.75, 3.05) is 53.7 Å². The number of carbonyl (C=O) groups excluding carboxylic acids is 1. The number of hydrogen-bond acceptors (Lipinski definition) is 9. The van der Waals surface area contributed by atoms with E-state index in [-0.39, 0.29) is 5.92 Å². The number of pyridine rings is 1. The van der Waals surface area contributed by atoms with Crippen molar-refractivity contribution in [3.63, 3.8) is 0 Å². The molecule has 35 heavy (non-hydrogen) atoms. The van der Waals surface area contributed by atoms with Crippen molar-refractivity contribution in [3.05, 3.63) is 30.2 Å². The number of rotatable bonds is 7. The van der Waals surface area contributed by atoms with Gasteiger partial charge >= 0.3 is 12.1 Å².